The predicted molar refractivity (Wildman–Crippen MR) is 112 cm³/mol. The number of halogens is 2. The summed E-state index contributed by atoms with van der Waals surface area (Å²) >= 11 is 1.42. The van der Waals surface area contributed by atoms with Crippen LogP contribution in [0.4, 0.5) is 14.5 Å². The van der Waals surface area contributed by atoms with Crippen molar-refractivity contribution in [1.29, 1.82) is 0 Å². The Balaban J connectivity index is 1.48. The molecule has 4 rings (SSSR count). The molecule has 1 aliphatic rings. The van der Waals surface area contributed by atoms with Gasteiger partial charge in [0.2, 0.25) is 0 Å². The number of anilines is 1. The smallest absolute Gasteiger partial charge is 0.268 e. The van der Waals surface area contributed by atoms with Crippen LogP contribution in [-0.4, -0.2) is 29.9 Å². The van der Waals surface area contributed by atoms with Crippen LogP contribution in [0.2, 0.25) is 0 Å². The minimum atomic E-state index is -0.314. The van der Waals surface area contributed by atoms with E-state index in [9.17, 15) is 13.6 Å². The Labute approximate surface area is 173 Å². The summed E-state index contributed by atoms with van der Waals surface area (Å²) in [6, 6.07) is 16.5. The first-order valence-electron chi connectivity index (χ1n) is 9.69. The van der Waals surface area contributed by atoms with E-state index in [0.717, 1.165) is 43.7 Å². The normalized spacial score (nSPS) is 15.4. The Hall–Kier alpha value is -2.57. The van der Waals surface area contributed by atoms with Crippen LogP contribution < -0.4 is 4.90 Å². The van der Waals surface area contributed by atoms with Gasteiger partial charge in [-0.25, -0.2) is 8.78 Å². The molecule has 1 amide bonds. The van der Waals surface area contributed by atoms with Gasteiger partial charge in [0.15, 0.2) is 0 Å². The van der Waals surface area contributed by atoms with Crippen LogP contribution in [0, 0.1) is 11.6 Å². The van der Waals surface area contributed by atoms with Gasteiger partial charge in [-0.2, -0.15) is 0 Å². The highest BCUT2D eigenvalue weighted by Gasteiger charge is 2.30. The van der Waals surface area contributed by atoms with Crippen LogP contribution in [-0.2, 0) is 6.54 Å². The van der Waals surface area contributed by atoms with E-state index in [2.05, 4.69) is 4.90 Å². The second-order valence-corrected chi connectivity index (χ2v) is 8.21. The Morgan fingerprint density at radius 2 is 1.59 bits per heavy atom. The molecule has 1 aromatic heterocycles. The van der Waals surface area contributed by atoms with Crippen molar-refractivity contribution in [3.63, 3.8) is 0 Å². The fourth-order valence-corrected chi connectivity index (χ4v) is 4.46. The van der Waals surface area contributed by atoms with Gasteiger partial charge in [0.25, 0.3) is 5.91 Å². The SMILES string of the molecule is O=C(c1cccs1)N(c1ccc(F)cc1)C1CCN(Cc2ccc(F)cc2)CC1. The van der Waals surface area contributed by atoms with Gasteiger partial charge in [-0.3, -0.25) is 9.69 Å². The zero-order valence-corrected chi connectivity index (χ0v) is 16.7. The van der Waals surface area contributed by atoms with Gasteiger partial charge in [-0.05, 0) is 66.2 Å². The van der Waals surface area contributed by atoms with E-state index in [0.29, 0.717) is 4.88 Å². The third-order valence-corrected chi connectivity index (χ3v) is 6.16. The molecule has 0 N–H and O–H groups in total. The third-order valence-electron chi connectivity index (χ3n) is 5.30. The molecular formula is C23H22F2N2OS. The number of carbonyl (C=O) groups excluding carboxylic acids is 1. The van der Waals surface area contributed by atoms with Gasteiger partial charge in [-0.1, -0.05) is 18.2 Å². The molecular weight excluding hydrogens is 390 g/mol. The summed E-state index contributed by atoms with van der Waals surface area (Å²) in [6.07, 6.45) is 1.66. The highest BCUT2D eigenvalue weighted by atomic mass is 32.1. The molecule has 1 saturated heterocycles. The standard InChI is InChI=1S/C23H22F2N2OS/c24-18-5-3-17(4-6-18)16-26-13-11-21(12-14-26)27(20-9-7-19(25)8-10-20)23(28)22-2-1-15-29-22/h1-10,15,21H,11-14,16H2. The van der Waals surface area contributed by atoms with Gasteiger partial charge in [0.05, 0.1) is 4.88 Å². The van der Waals surface area contributed by atoms with E-state index in [1.54, 1.807) is 12.1 Å². The van der Waals surface area contributed by atoms with Crippen molar-refractivity contribution in [3.05, 3.63) is 88.1 Å². The molecule has 0 aliphatic carbocycles. The van der Waals surface area contributed by atoms with Crippen LogP contribution in [0.15, 0.2) is 66.0 Å². The number of likely N-dealkylation sites (tertiary alicyclic amines) is 1. The Bertz CT molecular complexity index is 934. The van der Waals surface area contributed by atoms with Crippen molar-refractivity contribution in [2.75, 3.05) is 18.0 Å². The molecule has 1 fully saturated rings. The van der Waals surface area contributed by atoms with E-state index in [1.165, 1.54) is 35.6 Å². The van der Waals surface area contributed by atoms with Crippen LogP contribution in [0.3, 0.4) is 0 Å². The molecule has 0 radical (unpaired) electrons. The summed E-state index contributed by atoms with van der Waals surface area (Å²) in [5.74, 6) is -0.579. The monoisotopic (exact) mass is 412 g/mol. The molecule has 0 unspecified atom stereocenters. The molecule has 0 saturated carbocycles. The molecule has 150 valence electrons. The summed E-state index contributed by atoms with van der Waals surface area (Å²) in [7, 11) is 0. The fraction of sp³-hybridized carbons (Fsp3) is 0.261. The largest absolute Gasteiger partial charge is 0.305 e. The molecule has 1 aliphatic heterocycles. The van der Waals surface area contributed by atoms with Crippen LogP contribution >= 0.6 is 11.3 Å². The molecule has 0 atom stereocenters. The van der Waals surface area contributed by atoms with Gasteiger partial charge in [-0.15, -0.1) is 11.3 Å². The Morgan fingerprint density at radius 3 is 2.17 bits per heavy atom. The number of carbonyl (C=O) groups is 1. The minimum Gasteiger partial charge on any atom is -0.305 e. The van der Waals surface area contributed by atoms with E-state index in [1.807, 2.05) is 34.5 Å². The summed E-state index contributed by atoms with van der Waals surface area (Å²) in [5, 5.41) is 1.89. The molecule has 29 heavy (non-hydrogen) atoms. The van der Waals surface area contributed by atoms with Crippen molar-refractivity contribution in [3.8, 4) is 0 Å². The molecule has 6 heteroatoms. The van der Waals surface area contributed by atoms with E-state index in [4.69, 9.17) is 0 Å². The molecule has 3 nitrogen and oxygen atoms in total. The average molecular weight is 413 g/mol. The summed E-state index contributed by atoms with van der Waals surface area (Å²) < 4.78 is 26.5. The van der Waals surface area contributed by atoms with Crippen molar-refractivity contribution in [2.24, 2.45) is 0 Å². The first-order chi connectivity index (χ1) is 14.1. The average Bonchev–Trinajstić information content (AvgIpc) is 3.27. The zero-order chi connectivity index (χ0) is 20.2. The third kappa shape index (κ3) is 4.71. The first-order valence-corrected chi connectivity index (χ1v) is 10.6. The maximum Gasteiger partial charge on any atom is 0.268 e. The topological polar surface area (TPSA) is 23.6 Å². The highest BCUT2D eigenvalue weighted by molar-refractivity contribution is 7.12. The minimum absolute atomic E-state index is 0.0383. The van der Waals surface area contributed by atoms with Gasteiger partial charge >= 0.3 is 0 Å². The van der Waals surface area contributed by atoms with Gasteiger partial charge in [0, 0.05) is 31.4 Å². The number of rotatable bonds is 5. The number of amides is 1. The van der Waals surface area contributed by atoms with Crippen molar-refractivity contribution in [1.82, 2.24) is 4.90 Å². The lowest BCUT2D eigenvalue weighted by atomic mass is 10.0. The summed E-state index contributed by atoms with van der Waals surface area (Å²) in [4.78, 5) is 18.0. The second kappa shape index (κ2) is 8.84. The lowest BCUT2D eigenvalue weighted by Crippen LogP contribution is -2.47. The second-order valence-electron chi connectivity index (χ2n) is 7.26. The zero-order valence-electron chi connectivity index (χ0n) is 15.9. The molecule has 2 heterocycles. The van der Waals surface area contributed by atoms with Crippen LogP contribution in [0.25, 0.3) is 0 Å². The van der Waals surface area contributed by atoms with Crippen molar-refractivity contribution < 1.29 is 13.6 Å². The lowest BCUT2D eigenvalue weighted by Gasteiger charge is -2.38. The van der Waals surface area contributed by atoms with Crippen LogP contribution in [0.5, 0.6) is 0 Å². The number of hydrogen-bond acceptors (Lipinski definition) is 3. The molecule has 0 spiro atoms. The molecule has 3 aromatic rings. The summed E-state index contributed by atoms with van der Waals surface area (Å²) in [6.45, 7) is 2.46. The van der Waals surface area contributed by atoms with E-state index >= 15 is 0 Å². The van der Waals surface area contributed by atoms with Gasteiger partial charge in [0.1, 0.15) is 11.6 Å². The summed E-state index contributed by atoms with van der Waals surface area (Å²) in [5.41, 5.74) is 1.80. The molecule has 2 aromatic carbocycles. The predicted octanol–water partition coefficient (Wildman–Crippen LogP) is 5.34. The number of thiophene rings is 1. The number of benzene rings is 2. The maximum atomic E-state index is 13.4. The maximum absolute atomic E-state index is 13.4. The van der Waals surface area contributed by atoms with Gasteiger partial charge < -0.3 is 4.90 Å². The number of nitrogens with zero attached hydrogens (tertiary/aromatic N) is 2. The Morgan fingerprint density at radius 1 is 0.966 bits per heavy atom. The highest BCUT2D eigenvalue weighted by Crippen LogP contribution is 2.28. The van der Waals surface area contributed by atoms with Crippen molar-refractivity contribution in [2.45, 2.75) is 25.4 Å². The Kier molecular flexibility index (Phi) is 6.02. The van der Waals surface area contributed by atoms with E-state index < -0.39 is 0 Å². The van der Waals surface area contributed by atoms with Crippen molar-refractivity contribution >= 4 is 22.9 Å². The number of hydrogen-bond donors (Lipinski definition) is 0. The number of piperidine rings is 1. The fourth-order valence-electron chi connectivity index (χ4n) is 3.80. The molecule has 0 bridgehead atoms. The first kappa shape index (κ1) is 19.7. The lowest BCUT2D eigenvalue weighted by molar-refractivity contribution is 0.0962. The van der Waals surface area contributed by atoms with Crippen LogP contribution in [0.1, 0.15) is 28.1 Å². The quantitative estimate of drug-likeness (QED) is 0.565. The van der Waals surface area contributed by atoms with E-state index in [-0.39, 0.29) is 23.6 Å².